The van der Waals surface area contributed by atoms with Gasteiger partial charge in [-0.1, -0.05) is 0 Å². The van der Waals surface area contributed by atoms with E-state index in [-0.39, 0.29) is 11.4 Å². The number of halogens is 1. The standard InChI is InChI=1S/C5H2ClN3O/c6-5(10)4-3(1-7)8-2-9-4/h2H,(H,8,9). The maximum Gasteiger partial charge on any atom is 0.271 e. The fraction of sp³-hybridized carbons (Fsp3) is 0. The lowest BCUT2D eigenvalue weighted by molar-refractivity contribution is 0.107. The molecule has 0 aromatic carbocycles. The molecule has 4 nitrogen and oxygen atoms in total. The Kier molecular flexibility index (Phi) is 1.69. The lowest BCUT2D eigenvalue weighted by Gasteiger charge is -1.82. The average Bonchev–Trinajstić information content (AvgIpc) is 2.33. The summed E-state index contributed by atoms with van der Waals surface area (Å²) in [7, 11) is 0. The number of H-pyrrole nitrogens is 1. The molecule has 0 unspecified atom stereocenters. The molecule has 0 fully saturated rings. The molecule has 0 atom stereocenters. The second-order valence-electron chi connectivity index (χ2n) is 1.51. The number of nitriles is 1. The van der Waals surface area contributed by atoms with E-state index in [0.717, 1.165) is 0 Å². The number of nitrogens with zero attached hydrogens (tertiary/aromatic N) is 2. The van der Waals surface area contributed by atoms with Crippen molar-refractivity contribution >= 4 is 16.8 Å². The minimum absolute atomic E-state index is 0.0278. The molecule has 1 rings (SSSR count). The first-order valence-electron chi connectivity index (χ1n) is 2.39. The molecule has 10 heavy (non-hydrogen) atoms. The zero-order valence-corrected chi connectivity index (χ0v) is 5.51. The molecule has 0 spiro atoms. The summed E-state index contributed by atoms with van der Waals surface area (Å²) in [6.07, 6.45) is 1.24. The van der Waals surface area contributed by atoms with E-state index in [4.69, 9.17) is 16.9 Å². The maximum atomic E-state index is 10.4. The molecular formula is C5H2ClN3O. The zero-order chi connectivity index (χ0) is 7.56. The molecule has 0 bridgehead atoms. The molecule has 1 aromatic rings. The number of imidazole rings is 1. The number of aromatic nitrogens is 2. The normalized spacial score (nSPS) is 8.80. The molecule has 5 heteroatoms. The van der Waals surface area contributed by atoms with E-state index in [2.05, 4.69) is 9.97 Å². The third kappa shape index (κ3) is 0.993. The Morgan fingerprint density at radius 2 is 2.60 bits per heavy atom. The smallest absolute Gasteiger partial charge is 0.271 e. The van der Waals surface area contributed by atoms with Gasteiger partial charge in [0, 0.05) is 0 Å². The van der Waals surface area contributed by atoms with Gasteiger partial charge in [-0.3, -0.25) is 4.79 Å². The van der Waals surface area contributed by atoms with E-state index in [0.29, 0.717) is 0 Å². The van der Waals surface area contributed by atoms with Crippen LogP contribution in [0.15, 0.2) is 6.33 Å². The molecule has 1 aromatic heterocycles. The average molecular weight is 156 g/mol. The van der Waals surface area contributed by atoms with E-state index < -0.39 is 5.24 Å². The van der Waals surface area contributed by atoms with Crippen LogP contribution in [0.3, 0.4) is 0 Å². The van der Waals surface area contributed by atoms with Crippen molar-refractivity contribution in [2.24, 2.45) is 0 Å². The van der Waals surface area contributed by atoms with Gasteiger partial charge in [0.1, 0.15) is 11.8 Å². The summed E-state index contributed by atoms with van der Waals surface area (Å²) in [4.78, 5) is 16.4. The Labute approximate surface area is 61.4 Å². The zero-order valence-electron chi connectivity index (χ0n) is 4.76. The molecule has 0 aliphatic heterocycles. The molecule has 50 valence electrons. The molecule has 0 aliphatic carbocycles. The van der Waals surface area contributed by atoms with E-state index in [9.17, 15) is 4.79 Å². The van der Waals surface area contributed by atoms with Crippen LogP contribution >= 0.6 is 11.6 Å². The Hall–Kier alpha value is -1.34. The van der Waals surface area contributed by atoms with Gasteiger partial charge in [-0.05, 0) is 11.6 Å². The Bertz CT molecular complexity index is 298. The summed E-state index contributed by atoms with van der Waals surface area (Å²) < 4.78 is 0. The fourth-order valence-electron chi connectivity index (χ4n) is 0.529. The number of hydrogen-bond donors (Lipinski definition) is 1. The lowest BCUT2D eigenvalue weighted by atomic mass is 10.4. The van der Waals surface area contributed by atoms with Crippen LogP contribution in [0.5, 0.6) is 0 Å². The summed E-state index contributed by atoms with van der Waals surface area (Å²) in [5.41, 5.74) is 0.0733. The van der Waals surface area contributed by atoms with Crippen LogP contribution in [-0.2, 0) is 0 Å². The predicted octanol–water partition coefficient (Wildman–Crippen LogP) is 0.660. The van der Waals surface area contributed by atoms with Crippen molar-refractivity contribution in [3.8, 4) is 6.07 Å². The van der Waals surface area contributed by atoms with Crippen LogP contribution in [0.2, 0.25) is 0 Å². The lowest BCUT2D eigenvalue weighted by Crippen LogP contribution is -1.91. The van der Waals surface area contributed by atoms with Gasteiger partial charge in [-0.15, -0.1) is 0 Å². The number of rotatable bonds is 1. The van der Waals surface area contributed by atoms with Crippen LogP contribution in [0.1, 0.15) is 16.2 Å². The molecular weight excluding hydrogens is 154 g/mol. The molecule has 0 saturated carbocycles. The van der Waals surface area contributed by atoms with Crippen molar-refractivity contribution in [1.29, 1.82) is 5.26 Å². The summed E-state index contributed by atoms with van der Waals surface area (Å²) in [5, 5.41) is 7.61. The predicted molar refractivity (Wildman–Crippen MR) is 33.5 cm³/mol. The topological polar surface area (TPSA) is 69.5 Å². The van der Waals surface area contributed by atoms with Crippen LogP contribution in [-0.4, -0.2) is 15.2 Å². The monoisotopic (exact) mass is 155 g/mol. The van der Waals surface area contributed by atoms with Crippen LogP contribution < -0.4 is 0 Å². The summed E-state index contributed by atoms with van der Waals surface area (Å²) in [5.74, 6) is 0. The molecule has 0 aliphatic rings. The first kappa shape index (κ1) is 6.78. The van der Waals surface area contributed by atoms with E-state index in [1.54, 1.807) is 6.07 Å². The van der Waals surface area contributed by atoms with Gasteiger partial charge in [0.25, 0.3) is 5.24 Å². The minimum Gasteiger partial charge on any atom is -0.340 e. The highest BCUT2D eigenvalue weighted by Gasteiger charge is 2.09. The third-order valence-electron chi connectivity index (χ3n) is 0.942. The summed E-state index contributed by atoms with van der Waals surface area (Å²) in [6.45, 7) is 0. The summed E-state index contributed by atoms with van der Waals surface area (Å²) >= 11 is 5.07. The molecule has 0 saturated heterocycles. The molecule has 0 amide bonds. The molecule has 1 N–H and O–H groups in total. The van der Waals surface area contributed by atoms with Gasteiger partial charge in [-0.25, -0.2) is 4.98 Å². The highest BCUT2D eigenvalue weighted by molar-refractivity contribution is 6.67. The Morgan fingerprint density at radius 1 is 1.90 bits per heavy atom. The first-order valence-corrected chi connectivity index (χ1v) is 2.77. The summed E-state index contributed by atoms with van der Waals surface area (Å²) in [6, 6.07) is 1.71. The number of nitrogens with one attached hydrogen (secondary N) is 1. The van der Waals surface area contributed by atoms with Gasteiger partial charge in [0.05, 0.1) is 6.33 Å². The second kappa shape index (κ2) is 2.50. The van der Waals surface area contributed by atoms with Crippen molar-refractivity contribution in [3.63, 3.8) is 0 Å². The van der Waals surface area contributed by atoms with Crippen molar-refractivity contribution in [2.75, 3.05) is 0 Å². The van der Waals surface area contributed by atoms with Crippen molar-refractivity contribution in [1.82, 2.24) is 9.97 Å². The highest BCUT2D eigenvalue weighted by atomic mass is 35.5. The number of hydrogen-bond acceptors (Lipinski definition) is 3. The van der Waals surface area contributed by atoms with Crippen LogP contribution in [0.4, 0.5) is 0 Å². The second-order valence-corrected chi connectivity index (χ2v) is 1.85. The number of carbonyl (C=O) groups excluding carboxylic acids is 1. The van der Waals surface area contributed by atoms with Crippen molar-refractivity contribution in [2.45, 2.75) is 0 Å². The molecule has 0 radical (unpaired) electrons. The minimum atomic E-state index is -0.700. The molecule has 1 heterocycles. The largest absolute Gasteiger partial charge is 0.340 e. The first-order chi connectivity index (χ1) is 4.75. The SMILES string of the molecule is N#Cc1nc[nH]c1C(=O)Cl. The quantitative estimate of drug-likeness (QED) is 0.606. The number of aromatic amines is 1. The highest BCUT2D eigenvalue weighted by Crippen LogP contribution is 2.03. The fourth-order valence-corrected chi connectivity index (χ4v) is 0.673. The van der Waals surface area contributed by atoms with Crippen LogP contribution in [0.25, 0.3) is 0 Å². The van der Waals surface area contributed by atoms with E-state index in [1.807, 2.05) is 0 Å². The van der Waals surface area contributed by atoms with Gasteiger partial charge < -0.3 is 4.98 Å². The number of carbonyl (C=O) groups is 1. The maximum absolute atomic E-state index is 10.4. The van der Waals surface area contributed by atoms with Crippen molar-refractivity contribution < 1.29 is 4.79 Å². The van der Waals surface area contributed by atoms with Gasteiger partial charge in [0.15, 0.2) is 5.69 Å². The van der Waals surface area contributed by atoms with Gasteiger partial charge in [0.2, 0.25) is 0 Å². The van der Waals surface area contributed by atoms with Crippen LogP contribution in [0, 0.1) is 11.3 Å². The Morgan fingerprint density at radius 3 is 3.00 bits per heavy atom. The van der Waals surface area contributed by atoms with Gasteiger partial charge in [-0.2, -0.15) is 5.26 Å². The van der Waals surface area contributed by atoms with E-state index >= 15 is 0 Å². The van der Waals surface area contributed by atoms with Crippen molar-refractivity contribution in [3.05, 3.63) is 17.7 Å². The Balaban J connectivity index is 3.17. The van der Waals surface area contributed by atoms with E-state index in [1.165, 1.54) is 6.33 Å². The van der Waals surface area contributed by atoms with Gasteiger partial charge >= 0.3 is 0 Å². The third-order valence-corrected chi connectivity index (χ3v) is 1.13.